The predicted molar refractivity (Wildman–Crippen MR) is 80.4 cm³/mol. The number of carbonyl (C=O) groups excluding carboxylic acids is 1. The van der Waals surface area contributed by atoms with E-state index in [4.69, 9.17) is 5.73 Å². The van der Waals surface area contributed by atoms with Crippen molar-refractivity contribution in [1.82, 2.24) is 4.90 Å². The number of nitrogens with two attached hydrogens (primary N) is 1. The summed E-state index contributed by atoms with van der Waals surface area (Å²) in [6.07, 6.45) is 3.12. The molecule has 1 amide bonds. The van der Waals surface area contributed by atoms with E-state index in [-0.39, 0.29) is 11.9 Å². The zero-order valence-corrected chi connectivity index (χ0v) is 12.4. The van der Waals surface area contributed by atoms with Crippen LogP contribution in [0.15, 0.2) is 18.2 Å². The highest BCUT2D eigenvalue weighted by molar-refractivity contribution is 5.79. The summed E-state index contributed by atoms with van der Waals surface area (Å²) in [5.41, 5.74) is 9.77. The number of nitrogens with zero attached hydrogens (tertiary/aromatic N) is 1. The Morgan fingerprint density at radius 3 is 2.75 bits per heavy atom. The molecule has 2 aliphatic rings. The number of hydrogen-bond donors (Lipinski definition) is 1. The van der Waals surface area contributed by atoms with Crippen LogP contribution in [0.5, 0.6) is 0 Å². The third-order valence-corrected chi connectivity index (χ3v) is 4.84. The lowest BCUT2D eigenvalue weighted by molar-refractivity contribution is -0.129. The van der Waals surface area contributed by atoms with E-state index in [1.165, 1.54) is 24.0 Å². The number of carbonyl (C=O) groups is 1. The monoisotopic (exact) mass is 272 g/mol. The average Bonchev–Trinajstić information content (AvgIpc) is 3.17. The maximum atomic E-state index is 12.5. The van der Waals surface area contributed by atoms with E-state index in [1.54, 1.807) is 0 Å². The van der Waals surface area contributed by atoms with Crippen molar-refractivity contribution in [3.05, 3.63) is 34.9 Å². The summed E-state index contributed by atoms with van der Waals surface area (Å²) in [6, 6.07) is 6.51. The lowest BCUT2D eigenvalue weighted by atomic mass is 9.99. The van der Waals surface area contributed by atoms with Crippen LogP contribution in [0.1, 0.15) is 29.5 Å². The summed E-state index contributed by atoms with van der Waals surface area (Å²) in [4.78, 5) is 14.5. The first-order valence-corrected chi connectivity index (χ1v) is 7.64. The zero-order chi connectivity index (χ0) is 14.3. The largest absolute Gasteiger partial charge is 0.340 e. The third kappa shape index (κ3) is 2.73. The van der Waals surface area contributed by atoms with Crippen molar-refractivity contribution in [2.75, 3.05) is 13.1 Å². The Morgan fingerprint density at radius 1 is 1.30 bits per heavy atom. The summed E-state index contributed by atoms with van der Waals surface area (Å²) in [5, 5.41) is 0. The molecular formula is C17H24N2O. The summed E-state index contributed by atoms with van der Waals surface area (Å²) < 4.78 is 0. The van der Waals surface area contributed by atoms with Crippen molar-refractivity contribution in [2.45, 2.75) is 39.2 Å². The second-order valence-corrected chi connectivity index (χ2v) is 6.57. The molecule has 3 nitrogen and oxygen atoms in total. The molecule has 1 aliphatic heterocycles. The molecule has 1 heterocycles. The summed E-state index contributed by atoms with van der Waals surface area (Å²) in [6.45, 7) is 5.76. The van der Waals surface area contributed by atoms with E-state index < -0.39 is 0 Å². The molecule has 0 bridgehead atoms. The Hall–Kier alpha value is -1.35. The highest BCUT2D eigenvalue weighted by Crippen LogP contribution is 2.40. The molecule has 0 unspecified atom stereocenters. The summed E-state index contributed by atoms with van der Waals surface area (Å²) >= 11 is 0. The molecule has 20 heavy (non-hydrogen) atoms. The highest BCUT2D eigenvalue weighted by Gasteiger charge is 2.41. The molecule has 1 aromatic carbocycles. The molecule has 2 N–H and O–H groups in total. The van der Waals surface area contributed by atoms with Crippen LogP contribution in [-0.4, -0.2) is 29.9 Å². The fraction of sp³-hybridized carbons (Fsp3) is 0.588. The quantitative estimate of drug-likeness (QED) is 0.915. The van der Waals surface area contributed by atoms with Gasteiger partial charge in [0, 0.05) is 19.1 Å². The van der Waals surface area contributed by atoms with Gasteiger partial charge in [0.2, 0.25) is 5.91 Å². The maximum Gasteiger partial charge on any atom is 0.227 e. The molecule has 2 atom stereocenters. The van der Waals surface area contributed by atoms with Crippen LogP contribution < -0.4 is 5.73 Å². The van der Waals surface area contributed by atoms with Gasteiger partial charge < -0.3 is 10.6 Å². The van der Waals surface area contributed by atoms with Gasteiger partial charge in [0.1, 0.15) is 0 Å². The van der Waals surface area contributed by atoms with Crippen LogP contribution >= 0.6 is 0 Å². The van der Waals surface area contributed by atoms with Crippen molar-refractivity contribution < 1.29 is 4.79 Å². The fourth-order valence-corrected chi connectivity index (χ4v) is 3.35. The highest BCUT2D eigenvalue weighted by atomic mass is 16.2. The van der Waals surface area contributed by atoms with Gasteiger partial charge in [0.25, 0.3) is 0 Å². The van der Waals surface area contributed by atoms with Crippen LogP contribution in [0.2, 0.25) is 0 Å². The molecule has 1 aliphatic carbocycles. The van der Waals surface area contributed by atoms with E-state index in [0.29, 0.717) is 12.3 Å². The number of benzene rings is 1. The molecule has 2 fully saturated rings. The minimum absolute atomic E-state index is 0.185. The Morgan fingerprint density at radius 2 is 2.05 bits per heavy atom. The number of rotatable bonds is 3. The van der Waals surface area contributed by atoms with Gasteiger partial charge in [-0.25, -0.2) is 0 Å². The molecule has 3 rings (SSSR count). The normalized spacial score (nSPS) is 26.1. The molecule has 0 aromatic heterocycles. The standard InChI is InChI=1S/C17H24N2O/c1-11-3-4-12(2)14(7-11)8-17(20)19-9-15(13-5-6-13)16(18)10-19/h3-4,7,13,15-16H,5-6,8-10,18H2,1-2H3/t15-,16+/m0/s1. The molecule has 3 heteroatoms. The third-order valence-electron chi connectivity index (χ3n) is 4.84. The number of aryl methyl sites for hydroxylation is 2. The van der Waals surface area contributed by atoms with Gasteiger partial charge in [-0.1, -0.05) is 23.8 Å². The summed E-state index contributed by atoms with van der Waals surface area (Å²) in [5.74, 6) is 1.55. The van der Waals surface area contributed by atoms with E-state index in [2.05, 4.69) is 32.0 Å². The first-order chi connectivity index (χ1) is 9.54. The van der Waals surface area contributed by atoms with Crippen LogP contribution in [0.3, 0.4) is 0 Å². The second kappa shape index (κ2) is 5.21. The van der Waals surface area contributed by atoms with Gasteiger partial charge in [-0.3, -0.25) is 4.79 Å². The van der Waals surface area contributed by atoms with Gasteiger partial charge >= 0.3 is 0 Å². The molecule has 1 saturated carbocycles. The smallest absolute Gasteiger partial charge is 0.227 e. The van der Waals surface area contributed by atoms with Gasteiger partial charge in [0.05, 0.1) is 6.42 Å². The van der Waals surface area contributed by atoms with Crippen molar-refractivity contribution in [3.8, 4) is 0 Å². The number of hydrogen-bond acceptors (Lipinski definition) is 2. The van der Waals surface area contributed by atoms with Gasteiger partial charge in [-0.05, 0) is 49.7 Å². The maximum absolute atomic E-state index is 12.5. The lowest BCUT2D eigenvalue weighted by Crippen LogP contribution is -2.33. The molecule has 1 saturated heterocycles. The summed E-state index contributed by atoms with van der Waals surface area (Å²) in [7, 11) is 0. The first kappa shape index (κ1) is 13.6. The van der Waals surface area contributed by atoms with E-state index in [9.17, 15) is 4.79 Å². The molecule has 0 spiro atoms. The van der Waals surface area contributed by atoms with Gasteiger partial charge in [-0.2, -0.15) is 0 Å². The van der Waals surface area contributed by atoms with Crippen LogP contribution in [-0.2, 0) is 11.2 Å². The van der Waals surface area contributed by atoms with Crippen molar-refractivity contribution in [1.29, 1.82) is 0 Å². The van der Waals surface area contributed by atoms with E-state index in [1.807, 2.05) is 4.90 Å². The molecule has 1 aromatic rings. The first-order valence-electron chi connectivity index (χ1n) is 7.64. The van der Waals surface area contributed by atoms with Crippen molar-refractivity contribution in [2.24, 2.45) is 17.6 Å². The van der Waals surface area contributed by atoms with Gasteiger partial charge in [0.15, 0.2) is 0 Å². The number of likely N-dealkylation sites (tertiary alicyclic amines) is 1. The average molecular weight is 272 g/mol. The molecule has 108 valence electrons. The van der Waals surface area contributed by atoms with Crippen molar-refractivity contribution in [3.63, 3.8) is 0 Å². The predicted octanol–water partition coefficient (Wildman–Crippen LogP) is 2.04. The minimum atomic E-state index is 0.185. The van der Waals surface area contributed by atoms with Crippen LogP contribution in [0, 0.1) is 25.7 Å². The van der Waals surface area contributed by atoms with E-state index in [0.717, 1.165) is 24.6 Å². The molecule has 0 radical (unpaired) electrons. The Kier molecular flexibility index (Phi) is 3.55. The molecular weight excluding hydrogens is 248 g/mol. The van der Waals surface area contributed by atoms with Crippen molar-refractivity contribution >= 4 is 5.91 Å². The lowest BCUT2D eigenvalue weighted by Gasteiger charge is -2.17. The van der Waals surface area contributed by atoms with Gasteiger partial charge in [-0.15, -0.1) is 0 Å². The Labute approximate surface area is 121 Å². The second-order valence-electron chi connectivity index (χ2n) is 6.57. The topological polar surface area (TPSA) is 46.3 Å². The minimum Gasteiger partial charge on any atom is -0.340 e. The Bertz CT molecular complexity index is 522. The zero-order valence-electron chi connectivity index (χ0n) is 12.4. The number of amides is 1. The van der Waals surface area contributed by atoms with Crippen LogP contribution in [0.25, 0.3) is 0 Å². The van der Waals surface area contributed by atoms with Crippen LogP contribution in [0.4, 0.5) is 0 Å². The SMILES string of the molecule is Cc1ccc(C)c(CC(=O)N2C[C@@H](N)[C@H](C3CC3)C2)c1. The Balaban J connectivity index is 1.66. The van der Waals surface area contributed by atoms with E-state index >= 15 is 0 Å². The fourth-order valence-electron chi connectivity index (χ4n) is 3.35.